The van der Waals surface area contributed by atoms with E-state index >= 15 is 0 Å². The number of amides is 2. The van der Waals surface area contributed by atoms with Crippen LogP contribution in [0.15, 0.2) is 42.5 Å². The van der Waals surface area contributed by atoms with Crippen LogP contribution in [0.1, 0.15) is 29.5 Å². The van der Waals surface area contributed by atoms with Crippen LogP contribution in [0.3, 0.4) is 0 Å². The largest absolute Gasteiger partial charge is 0.484 e. The van der Waals surface area contributed by atoms with Crippen molar-refractivity contribution in [2.24, 2.45) is 0 Å². The van der Waals surface area contributed by atoms with E-state index in [-0.39, 0.29) is 18.4 Å². The molecule has 1 saturated heterocycles. The fourth-order valence-corrected chi connectivity index (χ4v) is 3.28. The molecule has 0 unspecified atom stereocenters. The first kappa shape index (κ1) is 19.0. The molecule has 0 radical (unpaired) electrons. The van der Waals surface area contributed by atoms with Gasteiger partial charge in [0.2, 0.25) is 5.91 Å². The van der Waals surface area contributed by atoms with Crippen LogP contribution in [-0.4, -0.2) is 36.9 Å². The van der Waals surface area contributed by atoms with Crippen molar-refractivity contribution in [1.82, 2.24) is 4.90 Å². The summed E-state index contributed by atoms with van der Waals surface area (Å²) in [5, 5.41) is 0. The maximum atomic E-state index is 12.4. The topological polar surface area (TPSA) is 49.9 Å². The summed E-state index contributed by atoms with van der Waals surface area (Å²) in [6.45, 7) is 5.38. The summed E-state index contributed by atoms with van der Waals surface area (Å²) in [6.07, 6.45) is 1.47. The molecule has 2 aromatic carbocycles. The van der Waals surface area contributed by atoms with Crippen molar-refractivity contribution in [2.75, 3.05) is 25.1 Å². The Labute approximate surface area is 160 Å². The second kappa shape index (κ2) is 8.25. The Morgan fingerprint density at radius 2 is 2.00 bits per heavy atom. The van der Waals surface area contributed by atoms with E-state index in [9.17, 15) is 9.59 Å². The third-order valence-electron chi connectivity index (χ3n) is 4.90. The lowest BCUT2D eigenvalue weighted by atomic mass is 10.1. The SMILES string of the molecule is Cc1ccc(CN(C)C(=O)COc2cccc(N3CCCC3=O)c2)c(C)c1. The fourth-order valence-electron chi connectivity index (χ4n) is 3.28. The lowest BCUT2D eigenvalue weighted by Crippen LogP contribution is -2.31. The average molecular weight is 366 g/mol. The zero-order valence-electron chi connectivity index (χ0n) is 16.2. The second-order valence-corrected chi connectivity index (χ2v) is 7.11. The number of nitrogens with zero attached hydrogens (tertiary/aromatic N) is 2. The molecule has 2 amide bonds. The van der Waals surface area contributed by atoms with E-state index in [1.165, 1.54) is 11.1 Å². The molecule has 0 aliphatic carbocycles. The predicted molar refractivity (Wildman–Crippen MR) is 106 cm³/mol. The number of carbonyl (C=O) groups is 2. The summed E-state index contributed by atoms with van der Waals surface area (Å²) in [7, 11) is 1.78. The van der Waals surface area contributed by atoms with Gasteiger partial charge >= 0.3 is 0 Å². The molecule has 1 aliphatic heterocycles. The van der Waals surface area contributed by atoms with Crippen molar-refractivity contribution in [1.29, 1.82) is 0 Å². The Kier molecular flexibility index (Phi) is 5.79. The Bertz CT molecular complexity index is 847. The Morgan fingerprint density at radius 1 is 1.19 bits per heavy atom. The molecule has 2 aromatic rings. The molecule has 0 atom stereocenters. The maximum absolute atomic E-state index is 12.4. The summed E-state index contributed by atoms with van der Waals surface area (Å²) in [6, 6.07) is 13.6. The van der Waals surface area contributed by atoms with Crippen LogP contribution in [0, 0.1) is 13.8 Å². The highest BCUT2D eigenvalue weighted by Crippen LogP contribution is 2.25. The monoisotopic (exact) mass is 366 g/mol. The predicted octanol–water partition coefficient (Wildman–Crippen LogP) is 3.47. The molecule has 0 aromatic heterocycles. The minimum Gasteiger partial charge on any atom is -0.484 e. The van der Waals surface area contributed by atoms with Gasteiger partial charge in [0.05, 0.1) is 0 Å². The number of likely N-dealkylation sites (N-methyl/N-ethyl adjacent to an activating group) is 1. The molecule has 1 fully saturated rings. The van der Waals surface area contributed by atoms with Crippen LogP contribution in [0.2, 0.25) is 0 Å². The van der Waals surface area contributed by atoms with E-state index in [1.807, 2.05) is 18.2 Å². The number of benzene rings is 2. The van der Waals surface area contributed by atoms with Crippen molar-refractivity contribution in [3.63, 3.8) is 0 Å². The van der Waals surface area contributed by atoms with Gasteiger partial charge in [-0.05, 0) is 43.5 Å². The van der Waals surface area contributed by atoms with Gasteiger partial charge in [0.1, 0.15) is 5.75 Å². The first-order valence-electron chi connectivity index (χ1n) is 9.27. The van der Waals surface area contributed by atoms with Crippen LogP contribution in [-0.2, 0) is 16.1 Å². The zero-order chi connectivity index (χ0) is 19.4. The van der Waals surface area contributed by atoms with Gasteiger partial charge in [0.15, 0.2) is 6.61 Å². The number of anilines is 1. The number of carbonyl (C=O) groups excluding carboxylic acids is 2. The Morgan fingerprint density at radius 3 is 2.70 bits per heavy atom. The maximum Gasteiger partial charge on any atom is 0.260 e. The molecule has 0 saturated carbocycles. The quantitative estimate of drug-likeness (QED) is 0.787. The number of hydrogen-bond acceptors (Lipinski definition) is 3. The molecule has 3 rings (SSSR count). The molecule has 142 valence electrons. The number of aryl methyl sites for hydroxylation is 2. The van der Waals surface area contributed by atoms with E-state index in [2.05, 4.69) is 32.0 Å². The Hall–Kier alpha value is -2.82. The molecule has 1 aliphatic rings. The van der Waals surface area contributed by atoms with Gasteiger partial charge in [0, 0.05) is 38.3 Å². The van der Waals surface area contributed by atoms with Gasteiger partial charge < -0.3 is 14.5 Å². The first-order valence-corrected chi connectivity index (χ1v) is 9.27. The highest BCUT2D eigenvalue weighted by molar-refractivity contribution is 5.95. The van der Waals surface area contributed by atoms with Gasteiger partial charge in [-0.15, -0.1) is 0 Å². The summed E-state index contributed by atoms with van der Waals surface area (Å²) < 4.78 is 5.68. The van der Waals surface area contributed by atoms with Gasteiger partial charge in [-0.1, -0.05) is 29.8 Å². The Balaban J connectivity index is 1.57. The second-order valence-electron chi connectivity index (χ2n) is 7.11. The minimum atomic E-state index is -0.0855. The van der Waals surface area contributed by atoms with E-state index < -0.39 is 0 Å². The summed E-state index contributed by atoms with van der Waals surface area (Å²) in [4.78, 5) is 27.8. The first-order chi connectivity index (χ1) is 12.9. The van der Waals surface area contributed by atoms with E-state index in [1.54, 1.807) is 22.9 Å². The summed E-state index contributed by atoms with van der Waals surface area (Å²) in [5.41, 5.74) is 4.35. The van der Waals surface area contributed by atoms with Crippen LogP contribution in [0.5, 0.6) is 5.75 Å². The smallest absolute Gasteiger partial charge is 0.260 e. The third kappa shape index (κ3) is 4.67. The van der Waals surface area contributed by atoms with Crippen molar-refractivity contribution in [2.45, 2.75) is 33.2 Å². The van der Waals surface area contributed by atoms with Crippen LogP contribution in [0.4, 0.5) is 5.69 Å². The molecule has 5 nitrogen and oxygen atoms in total. The number of rotatable bonds is 6. The molecule has 1 heterocycles. The van der Waals surface area contributed by atoms with E-state index in [0.29, 0.717) is 18.7 Å². The molecule has 0 N–H and O–H groups in total. The molecular weight excluding hydrogens is 340 g/mol. The fraction of sp³-hybridized carbons (Fsp3) is 0.364. The van der Waals surface area contributed by atoms with E-state index in [0.717, 1.165) is 24.2 Å². The van der Waals surface area contributed by atoms with Crippen molar-refractivity contribution in [3.8, 4) is 5.75 Å². The third-order valence-corrected chi connectivity index (χ3v) is 4.90. The normalized spacial score (nSPS) is 13.7. The number of ether oxygens (including phenoxy) is 1. The van der Waals surface area contributed by atoms with Crippen LogP contribution < -0.4 is 9.64 Å². The average Bonchev–Trinajstić information content (AvgIpc) is 3.08. The standard InChI is InChI=1S/C22H26N2O3/c1-16-9-10-18(17(2)12-16)14-23(3)22(26)15-27-20-7-4-6-19(13-20)24-11-5-8-21(24)25/h4,6-7,9-10,12-13H,5,8,11,14-15H2,1-3H3. The molecule has 0 spiro atoms. The molecular formula is C22H26N2O3. The summed E-state index contributed by atoms with van der Waals surface area (Å²) >= 11 is 0. The highest BCUT2D eigenvalue weighted by atomic mass is 16.5. The molecule has 5 heteroatoms. The van der Waals surface area contributed by atoms with Gasteiger partial charge in [-0.25, -0.2) is 0 Å². The van der Waals surface area contributed by atoms with Crippen LogP contribution in [0.25, 0.3) is 0 Å². The highest BCUT2D eigenvalue weighted by Gasteiger charge is 2.22. The van der Waals surface area contributed by atoms with E-state index in [4.69, 9.17) is 4.74 Å². The zero-order valence-corrected chi connectivity index (χ0v) is 16.2. The van der Waals surface area contributed by atoms with Gasteiger partial charge in [-0.3, -0.25) is 9.59 Å². The number of hydrogen-bond donors (Lipinski definition) is 0. The van der Waals surface area contributed by atoms with Crippen LogP contribution >= 0.6 is 0 Å². The van der Waals surface area contributed by atoms with Crippen molar-refractivity contribution < 1.29 is 14.3 Å². The molecule has 27 heavy (non-hydrogen) atoms. The van der Waals surface area contributed by atoms with Crippen molar-refractivity contribution in [3.05, 3.63) is 59.2 Å². The van der Waals surface area contributed by atoms with Gasteiger partial charge in [-0.2, -0.15) is 0 Å². The van der Waals surface area contributed by atoms with Gasteiger partial charge in [0.25, 0.3) is 5.91 Å². The minimum absolute atomic E-state index is 0.0290. The van der Waals surface area contributed by atoms with Crippen molar-refractivity contribution >= 4 is 17.5 Å². The molecule has 0 bridgehead atoms. The lowest BCUT2D eigenvalue weighted by molar-refractivity contribution is -0.132. The lowest BCUT2D eigenvalue weighted by Gasteiger charge is -2.20. The summed E-state index contributed by atoms with van der Waals surface area (Å²) in [5.74, 6) is 0.648.